The summed E-state index contributed by atoms with van der Waals surface area (Å²) in [7, 11) is 0. The number of hydrogen-bond acceptors (Lipinski definition) is 1. The van der Waals surface area contributed by atoms with E-state index in [0.717, 1.165) is 0 Å². The Morgan fingerprint density at radius 3 is 0.742 bits per heavy atom. The zero-order chi connectivity index (χ0) is 22.7. The van der Waals surface area contributed by atoms with E-state index in [1.165, 1.54) is 174 Å². The van der Waals surface area contributed by atoms with Crippen molar-refractivity contribution in [3.63, 3.8) is 0 Å². The van der Waals surface area contributed by atoms with Gasteiger partial charge in [-0.1, -0.05) is 162 Å². The van der Waals surface area contributed by atoms with E-state index >= 15 is 0 Å². The van der Waals surface area contributed by atoms with Crippen LogP contribution in [0.4, 0.5) is 0 Å². The molecule has 0 saturated heterocycles. The first kappa shape index (κ1) is 31.0. The van der Waals surface area contributed by atoms with Crippen LogP contribution in [0.1, 0.15) is 175 Å². The SMILES string of the molecule is CCCCCCCCCCCCCCCCCCN(CC)CCCCCCCCCC. The lowest BCUT2D eigenvalue weighted by Gasteiger charge is -2.20. The summed E-state index contributed by atoms with van der Waals surface area (Å²) in [4.78, 5) is 2.70. The highest BCUT2D eigenvalue weighted by Crippen LogP contribution is 2.14. The lowest BCUT2D eigenvalue weighted by molar-refractivity contribution is 0.273. The maximum Gasteiger partial charge on any atom is -0.00189 e. The Morgan fingerprint density at radius 1 is 0.290 bits per heavy atom. The van der Waals surface area contributed by atoms with Gasteiger partial charge in [0.05, 0.1) is 0 Å². The third kappa shape index (κ3) is 26.1. The summed E-state index contributed by atoms with van der Waals surface area (Å²) in [5.74, 6) is 0. The van der Waals surface area contributed by atoms with Gasteiger partial charge in [-0.25, -0.2) is 0 Å². The molecule has 31 heavy (non-hydrogen) atoms. The zero-order valence-corrected chi connectivity index (χ0v) is 22.5. The van der Waals surface area contributed by atoms with Crippen LogP contribution in [0.25, 0.3) is 0 Å². The summed E-state index contributed by atoms with van der Waals surface area (Å²) in [5, 5.41) is 0. The molecular weight excluding hydrogens is 374 g/mol. The molecule has 0 aromatic rings. The second kappa shape index (κ2) is 28.0. The highest BCUT2D eigenvalue weighted by Gasteiger charge is 2.02. The number of rotatable bonds is 27. The van der Waals surface area contributed by atoms with Gasteiger partial charge in [-0.15, -0.1) is 0 Å². The minimum Gasteiger partial charge on any atom is -0.304 e. The van der Waals surface area contributed by atoms with E-state index in [2.05, 4.69) is 25.7 Å². The molecule has 1 heteroatoms. The molecule has 0 atom stereocenters. The second-order valence-electron chi connectivity index (χ2n) is 10.2. The van der Waals surface area contributed by atoms with Crippen molar-refractivity contribution in [3.8, 4) is 0 Å². The van der Waals surface area contributed by atoms with E-state index in [1.807, 2.05) is 0 Å². The number of nitrogens with zero attached hydrogens (tertiary/aromatic N) is 1. The third-order valence-electron chi connectivity index (χ3n) is 7.10. The highest BCUT2D eigenvalue weighted by atomic mass is 15.1. The van der Waals surface area contributed by atoms with Gasteiger partial charge >= 0.3 is 0 Å². The molecule has 0 spiro atoms. The van der Waals surface area contributed by atoms with Gasteiger partial charge < -0.3 is 4.90 Å². The molecule has 0 rings (SSSR count). The van der Waals surface area contributed by atoms with Crippen molar-refractivity contribution in [3.05, 3.63) is 0 Å². The number of unbranched alkanes of at least 4 members (excludes halogenated alkanes) is 22. The van der Waals surface area contributed by atoms with Crippen LogP contribution in [0.2, 0.25) is 0 Å². The van der Waals surface area contributed by atoms with Gasteiger partial charge in [-0.05, 0) is 32.5 Å². The lowest BCUT2D eigenvalue weighted by atomic mass is 10.0. The molecule has 0 fully saturated rings. The summed E-state index contributed by atoms with van der Waals surface area (Å²) >= 11 is 0. The lowest BCUT2D eigenvalue weighted by Crippen LogP contribution is -2.25. The minimum absolute atomic E-state index is 1.25. The Balaban J connectivity index is 3.23. The van der Waals surface area contributed by atoms with E-state index in [0.29, 0.717) is 0 Å². The van der Waals surface area contributed by atoms with Gasteiger partial charge in [-0.3, -0.25) is 0 Å². The Morgan fingerprint density at radius 2 is 0.516 bits per heavy atom. The van der Waals surface area contributed by atoms with Gasteiger partial charge in [0.1, 0.15) is 0 Å². The molecule has 0 amide bonds. The molecule has 188 valence electrons. The van der Waals surface area contributed by atoms with Crippen LogP contribution in [-0.4, -0.2) is 24.5 Å². The largest absolute Gasteiger partial charge is 0.304 e. The first-order valence-electron chi connectivity index (χ1n) is 15.1. The normalized spacial score (nSPS) is 11.6. The summed E-state index contributed by atoms with van der Waals surface area (Å²) in [6.07, 6.45) is 34.9. The highest BCUT2D eigenvalue weighted by molar-refractivity contribution is 4.57. The van der Waals surface area contributed by atoms with Crippen molar-refractivity contribution in [1.29, 1.82) is 0 Å². The smallest absolute Gasteiger partial charge is 0.00189 e. The van der Waals surface area contributed by atoms with Crippen LogP contribution in [0, 0.1) is 0 Å². The van der Waals surface area contributed by atoms with E-state index in [4.69, 9.17) is 0 Å². The van der Waals surface area contributed by atoms with Crippen molar-refractivity contribution in [2.75, 3.05) is 19.6 Å². The topological polar surface area (TPSA) is 3.24 Å². The van der Waals surface area contributed by atoms with Crippen LogP contribution in [0.3, 0.4) is 0 Å². The molecular formula is C30H63N. The maximum atomic E-state index is 2.70. The van der Waals surface area contributed by atoms with Gasteiger partial charge in [0.2, 0.25) is 0 Å². The summed E-state index contributed by atoms with van der Waals surface area (Å²) in [6.45, 7) is 10.9. The Kier molecular flexibility index (Phi) is 28.0. The predicted octanol–water partition coefficient (Wildman–Crippen LogP) is 10.7. The second-order valence-corrected chi connectivity index (χ2v) is 10.2. The zero-order valence-electron chi connectivity index (χ0n) is 22.5. The Bertz CT molecular complexity index is 301. The van der Waals surface area contributed by atoms with Crippen molar-refractivity contribution < 1.29 is 0 Å². The molecule has 0 aliphatic carbocycles. The van der Waals surface area contributed by atoms with Crippen LogP contribution in [-0.2, 0) is 0 Å². The minimum atomic E-state index is 1.25. The molecule has 1 nitrogen and oxygen atoms in total. The third-order valence-corrected chi connectivity index (χ3v) is 7.10. The van der Waals surface area contributed by atoms with E-state index in [-0.39, 0.29) is 0 Å². The molecule has 0 unspecified atom stereocenters. The van der Waals surface area contributed by atoms with E-state index < -0.39 is 0 Å². The molecule has 0 saturated carbocycles. The molecule has 0 N–H and O–H groups in total. The predicted molar refractivity (Wildman–Crippen MR) is 144 cm³/mol. The molecule has 0 bridgehead atoms. The molecule has 0 radical (unpaired) electrons. The Labute approximate surface area is 199 Å². The van der Waals surface area contributed by atoms with E-state index in [9.17, 15) is 0 Å². The van der Waals surface area contributed by atoms with Crippen LogP contribution >= 0.6 is 0 Å². The van der Waals surface area contributed by atoms with Crippen LogP contribution in [0.15, 0.2) is 0 Å². The van der Waals surface area contributed by atoms with Crippen LogP contribution < -0.4 is 0 Å². The first-order chi connectivity index (χ1) is 15.3. The number of hydrogen-bond donors (Lipinski definition) is 0. The van der Waals surface area contributed by atoms with Crippen molar-refractivity contribution >= 4 is 0 Å². The average Bonchev–Trinajstić information content (AvgIpc) is 2.79. The molecule has 0 heterocycles. The summed E-state index contributed by atoms with van der Waals surface area (Å²) in [6, 6.07) is 0. The average molecular weight is 438 g/mol. The standard InChI is InChI=1S/C30H63N/c1-4-7-9-11-13-15-16-17-18-19-20-21-22-24-26-28-30-31(6-3)29-27-25-23-14-12-10-8-5-2/h4-30H2,1-3H3. The quantitative estimate of drug-likeness (QED) is 0.115. The molecule has 0 aliphatic heterocycles. The van der Waals surface area contributed by atoms with Gasteiger partial charge in [0.15, 0.2) is 0 Å². The maximum absolute atomic E-state index is 2.70. The van der Waals surface area contributed by atoms with Crippen molar-refractivity contribution in [2.24, 2.45) is 0 Å². The monoisotopic (exact) mass is 437 g/mol. The van der Waals surface area contributed by atoms with Crippen LogP contribution in [0.5, 0.6) is 0 Å². The molecule has 0 aromatic heterocycles. The first-order valence-corrected chi connectivity index (χ1v) is 15.1. The van der Waals surface area contributed by atoms with Gasteiger partial charge in [-0.2, -0.15) is 0 Å². The van der Waals surface area contributed by atoms with Gasteiger partial charge in [0.25, 0.3) is 0 Å². The fourth-order valence-corrected chi connectivity index (χ4v) is 4.78. The Hall–Kier alpha value is -0.0400. The van der Waals surface area contributed by atoms with Crippen molar-refractivity contribution in [1.82, 2.24) is 4.90 Å². The molecule has 0 aliphatic rings. The fourth-order valence-electron chi connectivity index (χ4n) is 4.78. The molecule has 0 aromatic carbocycles. The fraction of sp³-hybridized carbons (Fsp3) is 1.00. The van der Waals surface area contributed by atoms with Crippen molar-refractivity contribution in [2.45, 2.75) is 175 Å². The van der Waals surface area contributed by atoms with Gasteiger partial charge in [0, 0.05) is 0 Å². The van der Waals surface area contributed by atoms with E-state index in [1.54, 1.807) is 0 Å². The summed E-state index contributed by atoms with van der Waals surface area (Å²) in [5.41, 5.74) is 0. The summed E-state index contributed by atoms with van der Waals surface area (Å²) < 4.78 is 0.